The first-order chi connectivity index (χ1) is 7.09. The molecule has 84 valence electrons. The molecule has 0 atom stereocenters. The number of aryl methyl sites for hydroxylation is 1. The van der Waals surface area contributed by atoms with E-state index >= 15 is 0 Å². The Kier molecular flexibility index (Phi) is 4.56. The molecule has 0 heterocycles. The number of ether oxygens (including phenoxy) is 1. The third-order valence-electron chi connectivity index (χ3n) is 2.05. The van der Waals surface area contributed by atoms with E-state index in [1.165, 1.54) is 6.07 Å². The van der Waals surface area contributed by atoms with Crippen molar-refractivity contribution in [2.45, 2.75) is 26.8 Å². The Hall–Kier alpha value is -1.09. The zero-order valence-electron chi connectivity index (χ0n) is 9.51. The summed E-state index contributed by atoms with van der Waals surface area (Å²) in [4.78, 5) is 0. The molecule has 0 radical (unpaired) electrons. The van der Waals surface area contributed by atoms with Crippen molar-refractivity contribution in [2.24, 2.45) is 0 Å². The van der Waals surface area contributed by atoms with Crippen LogP contribution in [0, 0.1) is 12.7 Å². The minimum Gasteiger partial charge on any atom is -0.492 e. The molecule has 15 heavy (non-hydrogen) atoms. The smallest absolute Gasteiger partial charge is 0.126 e. The van der Waals surface area contributed by atoms with Crippen molar-refractivity contribution in [3.63, 3.8) is 0 Å². The molecule has 0 aliphatic carbocycles. The summed E-state index contributed by atoms with van der Waals surface area (Å²) in [5.74, 6) is 0.530. The molecule has 0 unspecified atom stereocenters. The summed E-state index contributed by atoms with van der Waals surface area (Å²) in [6.07, 6.45) is 0. The van der Waals surface area contributed by atoms with Gasteiger partial charge in [0.05, 0.1) is 0 Å². The highest BCUT2D eigenvalue weighted by atomic mass is 19.1. The lowest BCUT2D eigenvalue weighted by molar-refractivity contribution is 0.308. The van der Waals surface area contributed by atoms with Crippen LogP contribution in [0.5, 0.6) is 5.75 Å². The summed E-state index contributed by atoms with van der Waals surface area (Å²) in [5.41, 5.74) is 0.615. The van der Waals surface area contributed by atoms with Gasteiger partial charge in [-0.1, -0.05) is 13.8 Å². The number of hydrogen-bond donors (Lipinski definition) is 1. The predicted molar refractivity (Wildman–Crippen MR) is 59.8 cm³/mol. The van der Waals surface area contributed by atoms with Crippen molar-refractivity contribution >= 4 is 0 Å². The molecule has 0 fully saturated rings. The molecule has 0 saturated carbocycles. The van der Waals surface area contributed by atoms with Gasteiger partial charge in [-0.15, -0.1) is 0 Å². The molecule has 0 amide bonds. The van der Waals surface area contributed by atoms with Crippen molar-refractivity contribution in [2.75, 3.05) is 13.2 Å². The van der Waals surface area contributed by atoms with Crippen LogP contribution in [0.1, 0.15) is 19.4 Å². The molecule has 1 aromatic carbocycles. The van der Waals surface area contributed by atoms with E-state index in [0.29, 0.717) is 18.2 Å². The zero-order chi connectivity index (χ0) is 11.3. The molecule has 0 aliphatic heterocycles. The summed E-state index contributed by atoms with van der Waals surface area (Å²) in [6, 6.07) is 5.26. The fraction of sp³-hybridized carbons (Fsp3) is 0.500. The molecule has 0 aliphatic rings. The quantitative estimate of drug-likeness (QED) is 0.756. The van der Waals surface area contributed by atoms with E-state index in [1.54, 1.807) is 19.1 Å². The van der Waals surface area contributed by atoms with Gasteiger partial charge in [-0.3, -0.25) is 0 Å². The first-order valence-electron chi connectivity index (χ1n) is 5.22. The summed E-state index contributed by atoms with van der Waals surface area (Å²) >= 11 is 0. The number of rotatable bonds is 5. The lowest BCUT2D eigenvalue weighted by atomic mass is 10.2. The van der Waals surface area contributed by atoms with E-state index in [9.17, 15) is 4.39 Å². The largest absolute Gasteiger partial charge is 0.492 e. The Balaban J connectivity index is 2.35. The highest BCUT2D eigenvalue weighted by molar-refractivity contribution is 5.28. The highest BCUT2D eigenvalue weighted by Gasteiger charge is 1.99. The van der Waals surface area contributed by atoms with Crippen LogP contribution in [0.2, 0.25) is 0 Å². The minimum atomic E-state index is -0.192. The van der Waals surface area contributed by atoms with Crippen LogP contribution in [0.4, 0.5) is 4.39 Å². The molecule has 1 aromatic rings. The SMILES string of the molecule is Cc1cc(OCCNC(C)C)ccc1F. The Bertz CT molecular complexity index is 312. The Morgan fingerprint density at radius 1 is 1.40 bits per heavy atom. The lowest BCUT2D eigenvalue weighted by Gasteiger charge is -2.10. The minimum absolute atomic E-state index is 0.192. The fourth-order valence-corrected chi connectivity index (χ4v) is 1.22. The lowest BCUT2D eigenvalue weighted by Crippen LogP contribution is -2.27. The number of hydrogen-bond acceptors (Lipinski definition) is 2. The molecule has 3 heteroatoms. The van der Waals surface area contributed by atoms with E-state index < -0.39 is 0 Å². The van der Waals surface area contributed by atoms with E-state index in [4.69, 9.17) is 4.74 Å². The van der Waals surface area contributed by atoms with Crippen molar-refractivity contribution in [1.82, 2.24) is 5.32 Å². The van der Waals surface area contributed by atoms with Gasteiger partial charge in [0, 0.05) is 12.6 Å². The molecule has 0 bridgehead atoms. The number of nitrogens with one attached hydrogen (secondary N) is 1. The van der Waals surface area contributed by atoms with E-state index in [-0.39, 0.29) is 5.82 Å². The van der Waals surface area contributed by atoms with Gasteiger partial charge in [0.1, 0.15) is 18.2 Å². The van der Waals surface area contributed by atoms with Gasteiger partial charge in [0.25, 0.3) is 0 Å². The second kappa shape index (κ2) is 5.71. The summed E-state index contributed by atoms with van der Waals surface area (Å²) in [5, 5.41) is 3.24. The molecule has 0 aromatic heterocycles. The van der Waals surface area contributed by atoms with E-state index in [1.807, 2.05) is 0 Å². The fourth-order valence-electron chi connectivity index (χ4n) is 1.22. The summed E-state index contributed by atoms with van der Waals surface area (Å²) in [7, 11) is 0. The van der Waals surface area contributed by atoms with Gasteiger partial charge in [-0.25, -0.2) is 4.39 Å². The number of halogens is 1. The maximum Gasteiger partial charge on any atom is 0.126 e. The van der Waals surface area contributed by atoms with Crippen LogP contribution in [0.3, 0.4) is 0 Å². The first kappa shape index (κ1) is 12.0. The van der Waals surface area contributed by atoms with Gasteiger partial charge >= 0.3 is 0 Å². The third kappa shape index (κ3) is 4.30. The Morgan fingerprint density at radius 3 is 2.73 bits per heavy atom. The average molecular weight is 211 g/mol. The van der Waals surface area contributed by atoms with Crippen LogP contribution >= 0.6 is 0 Å². The molecule has 1 rings (SSSR count). The van der Waals surface area contributed by atoms with Gasteiger partial charge in [0.15, 0.2) is 0 Å². The Morgan fingerprint density at radius 2 is 2.13 bits per heavy atom. The van der Waals surface area contributed by atoms with Crippen LogP contribution in [-0.2, 0) is 0 Å². The van der Waals surface area contributed by atoms with Gasteiger partial charge in [-0.05, 0) is 30.7 Å². The molecule has 0 saturated heterocycles. The van der Waals surface area contributed by atoms with Crippen LogP contribution in [-0.4, -0.2) is 19.2 Å². The second-order valence-corrected chi connectivity index (χ2v) is 3.87. The average Bonchev–Trinajstić information content (AvgIpc) is 2.18. The zero-order valence-corrected chi connectivity index (χ0v) is 9.51. The normalized spacial score (nSPS) is 10.7. The Labute approximate surface area is 90.4 Å². The van der Waals surface area contributed by atoms with Crippen LogP contribution < -0.4 is 10.1 Å². The van der Waals surface area contributed by atoms with Crippen LogP contribution in [0.15, 0.2) is 18.2 Å². The monoisotopic (exact) mass is 211 g/mol. The predicted octanol–water partition coefficient (Wildman–Crippen LogP) is 2.51. The van der Waals surface area contributed by atoms with E-state index in [0.717, 1.165) is 12.3 Å². The maximum atomic E-state index is 12.9. The second-order valence-electron chi connectivity index (χ2n) is 3.87. The van der Waals surface area contributed by atoms with Crippen molar-refractivity contribution < 1.29 is 9.13 Å². The molecule has 0 spiro atoms. The van der Waals surface area contributed by atoms with Gasteiger partial charge < -0.3 is 10.1 Å². The van der Waals surface area contributed by atoms with E-state index in [2.05, 4.69) is 19.2 Å². The van der Waals surface area contributed by atoms with Gasteiger partial charge in [-0.2, -0.15) is 0 Å². The standard InChI is InChI=1S/C12H18FNO/c1-9(2)14-6-7-15-11-4-5-12(13)10(3)8-11/h4-5,8-9,14H,6-7H2,1-3H3. The van der Waals surface area contributed by atoms with Gasteiger partial charge in [0.2, 0.25) is 0 Å². The number of benzene rings is 1. The van der Waals surface area contributed by atoms with Crippen molar-refractivity contribution in [3.8, 4) is 5.75 Å². The van der Waals surface area contributed by atoms with Crippen molar-refractivity contribution in [1.29, 1.82) is 0 Å². The molecule has 2 nitrogen and oxygen atoms in total. The highest BCUT2D eigenvalue weighted by Crippen LogP contribution is 2.15. The molecular weight excluding hydrogens is 193 g/mol. The third-order valence-corrected chi connectivity index (χ3v) is 2.05. The van der Waals surface area contributed by atoms with Crippen LogP contribution in [0.25, 0.3) is 0 Å². The van der Waals surface area contributed by atoms with Crippen molar-refractivity contribution in [3.05, 3.63) is 29.6 Å². The summed E-state index contributed by atoms with van der Waals surface area (Å²) < 4.78 is 18.4. The summed E-state index contributed by atoms with van der Waals surface area (Å²) in [6.45, 7) is 7.30. The topological polar surface area (TPSA) is 21.3 Å². The molecule has 1 N–H and O–H groups in total. The first-order valence-corrected chi connectivity index (χ1v) is 5.22. The maximum absolute atomic E-state index is 12.9. The molecular formula is C12H18FNO.